The van der Waals surface area contributed by atoms with E-state index in [-0.39, 0.29) is 11.9 Å². The molecular weight excluding hydrogens is 146 g/mol. The monoisotopic (exact) mass is 160 g/mol. The van der Waals surface area contributed by atoms with Crippen LogP contribution in [0, 0.1) is 0 Å². The van der Waals surface area contributed by atoms with Gasteiger partial charge in [0.05, 0.1) is 0 Å². The number of nitrogens with two attached hydrogens (primary N) is 1. The lowest BCUT2D eigenvalue weighted by atomic mass is 10.3. The largest absolute Gasteiger partial charge is 0.368 e. The summed E-state index contributed by atoms with van der Waals surface area (Å²) in [5.41, 5.74) is 8.40. The molecule has 0 fully saturated rings. The molecule has 0 aromatic rings. The highest BCUT2D eigenvalue weighted by molar-refractivity contribution is 5.87. The van der Waals surface area contributed by atoms with Crippen molar-refractivity contribution in [2.24, 2.45) is 5.73 Å². The van der Waals surface area contributed by atoms with Crippen LogP contribution in [0.25, 0.3) is 0 Å². The predicted octanol–water partition coefficient (Wildman–Crippen LogP) is -2.39. The molecule has 0 aliphatic heterocycles. The molecule has 0 aliphatic carbocycles. The number of primary amides is 1. The molecule has 2 atom stereocenters. The minimum absolute atomic E-state index is 0.267. The van der Waals surface area contributed by atoms with Gasteiger partial charge in [-0.3, -0.25) is 9.59 Å². The third kappa shape index (κ3) is 3.57. The summed E-state index contributed by atoms with van der Waals surface area (Å²) in [7, 11) is 0. The summed E-state index contributed by atoms with van der Waals surface area (Å²) in [6.45, 7) is 3.17. The molecule has 0 bridgehead atoms. The van der Waals surface area contributed by atoms with E-state index in [2.05, 4.69) is 11.1 Å². The summed E-state index contributed by atoms with van der Waals surface area (Å²) in [5.74, 6) is -0.810. The van der Waals surface area contributed by atoms with Gasteiger partial charge in [-0.15, -0.1) is 0 Å². The van der Waals surface area contributed by atoms with Gasteiger partial charge >= 0.3 is 0 Å². The number of carbonyl (C=O) groups excluding carboxylic acids is 2. The molecule has 0 rings (SSSR count). The van der Waals surface area contributed by atoms with Crippen LogP contribution in [0.15, 0.2) is 0 Å². The lowest BCUT2D eigenvalue weighted by Crippen LogP contribution is -2.67. The van der Waals surface area contributed by atoms with Gasteiger partial charge in [0.15, 0.2) is 6.04 Å². The van der Waals surface area contributed by atoms with Gasteiger partial charge < -0.3 is 16.8 Å². The number of hydrogen-bond acceptors (Lipinski definition) is 2. The predicted molar refractivity (Wildman–Crippen MR) is 39.1 cm³/mol. The van der Waals surface area contributed by atoms with Crippen LogP contribution in [0.4, 0.5) is 0 Å². The Morgan fingerprint density at radius 3 is 2.18 bits per heavy atom. The fraction of sp³-hybridized carbons (Fsp3) is 0.667. The molecule has 0 spiro atoms. The zero-order valence-electron chi connectivity index (χ0n) is 6.76. The minimum Gasteiger partial charge on any atom is -0.368 e. The fourth-order valence-corrected chi connectivity index (χ4v) is 0.427. The van der Waals surface area contributed by atoms with E-state index in [0.717, 1.165) is 0 Å². The molecule has 0 heterocycles. The van der Waals surface area contributed by atoms with E-state index in [1.165, 1.54) is 6.92 Å². The first-order valence-corrected chi connectivity index (χ1v) is 3.38. The highest BCUT2D eigenvalue weighted by atomic mass is 16.2. The van der Waals surface area contributed by atoms with E-state index in [1.807, 2.05) is 0 Å². The van der Waals surface area contributed by atoms with Crippen LogP contribution in [0.1, 0.15) is 13.8 Å². The van der Waals surface area contributed by atoms with Crippen LogP contribution in [-0.2, 0) is 9.59 Å². The Kier molecular flexibility index (Phi) is 3.53. The number of amides is 2. The molecule has 6 N–H and O–H groups in total. The van der Waals surface area contributed by atoms with Crippen molar-refractivity contribution in [3.63, 3.8) is 0 Å². The van der Waals surface area contributed by atoms with Crippen molar-refractivity contribution in [3.8, 4) is 0 Å². The molecule has 0 saturated heterocycles. The quantitative estimate of drug-likeness (QED) is 0.429. The molecule has 0 saturated carbocycles. The van der Waals surface area contributed by atoms with Crippen molar-refractivity contribution in [2.75, 3.05) is 0 Å². The summed E-state index contributed by atoms with van der Waals surface area (Å²) in [4.78, 5) is 21.3. The average molecular weight is 160 g/mol. The molecular formula is C6H14N3O2+. The number of nitrogens with one attached hydrogen (secondary N) is 1. The molecule has 0 aromatic carbocycles. The summed E-state index contributed by atoms with van der Waals surface area (Å²) in [6, 6.07) is -0.983. The van der Waals surface area contributed by atoms with Crippen LogP contribution >= 0.6 is 0 Å². The van der Waals surface area contributed by atoms with E-state index in [9.17, 15) is 9.59 Å². The lowest BCUT2D eigenvalue weighted by Gasteiger charge is -2.09. The van der Waals surface area contributed by atoms with Crippen molar-refractivity contribution >= 4 is 11.8 Å². The van der Waals surface area contributed by atoms with Crippen LogP contribution in [0.5, 0.6) is 0 Å². The third-order valence-electron chi connectivity index (χ3n) is 1.23. The second-order valence-corrected chi connectivity index (χ2v) is 2.53. The summed E-state index contributed by atoms with van der Waals surface area (Å²) in [6.07, 6.45) is 0. The van der Waals surface area contributed by atoms with E-state index >= 15 is 0 Å². The second kappa shape index (κ2) is 3.92. The Balaban J connectivity index is 3.85. The van der Waals surface area contributed by atoms with Crippen molar-refractivity contribution in [3.05, 3.63) is 0 Å². The standard InChI is InChI=1S/C6H13N3O2/c1-3(7)6(11)9-4(2)5(8)10/h3-4H,7H2,1-2H3,(H2,8,10)(H,9,11)/p+1/t3-,4-/m0/s1. The molecule has 5 heteroatoms. The average Bonchev–Trinajstić information content (AvgIpc) is 1.87. The van der Waals surface area contributed by atoms with Crippen LogP contribution in [-0.4, -0.2) is 23.9 Å². The van der Waals surface area contributed by atoms with E-state index in [1.54, 1.807) is 6.92 Å². The zero-order chi connectivity index (χ0) is 9.02. The smallest absolute Gasteiger partial charge is 0.278 e. The first-order chi connectivity index (χ1) is 4.95. The topological polar surface area (TPSA) is 99.8 Å². The van der Waals surface area contributed by atoms with Crippen molar-refractivity contribution in [1.82, 2.24) is 5.32 Å². The van der Waals surface area contributed by atoms with E-state index < -0.39 is 11.9 Å². The SMILES string of the molecule is C[C@H]([NH3+])C(=O)N[C@@H](C)C(N)=O. The number of hydrogen-bond donors (Lipinski definition) is 3. The van der Waals surface area contributed by atoms with Crippen LogP contribution in [0.3, 0.4) is 0 Å². The van der Waals surface area contributed by atoms with Crippen molar-refractivity contribution in [2.45, 2.75) is 25.9 Å². The zero-order valence-corrected chi connectivity index (χ0v) is 6.76. The lowest BCUT2D eigenvalue weighted by molar-refractivity contribution is -0.398. The maximum Gasteiger partial charge on any atom is 0.278 e. The van der Waals surface area contributed by atoms with Crippen molar-refractivity contribution in [1.29, 1.82) is 0 Å². The van der Waals surface area contributed by atoms with E-state index in [4.69, 9.17) is 5.73 Å². The molecule has 11 heavy (non-hydrogen) atoms. The van der Waals surface area contributed by atoms with Crippen molar-refractivity contribution < 1.29 is 15.3 Å². The normalized spacial score (nSPS) is 15.2. The Morgan fingerprint density at radius 1 is 1.45 bits per heavy atom. The number of quaternary nitrogens is 1. The van der Waals surface area contributed by atoms with Gasteiger partial charge in [0.2, 0.25) is 5.91 Å². The Bertz CT molecular complexity index is 167. The maximum absolute atomic E-state index is 10.9. The summed E-state index contributed by atoms with van der Waals surface area (Å²) >= 11 is 0. The molecule has 0 radical (unpaired) electrons. The van der Waals surface area contributed by atoms with Crippen LogP contribution < -0.4 is 16.8 Å². The van der Waals surface area contributed by atoms with E-state index in [0.29, 0.717) is 0 Å². The summed E-state index contributed by atoms with van der Waals surface area (Å²) in [5, 5.41) is 2.40. The molecule has 5 nitrogen and oxygen atoms in total. The molecule has 0 aromatic heterocycles. The Morgan fingerprint density at radius 2 is 1.91 bits per heavy atom. The second-order valence-electron chi connectivity index (χ2n) is 2.53. The first kappa shape index (κ1) is 9.90. The first-order valence-electron chi connectivity index (χ1n) is 3.38. The number of carbonyl (C=O) groups is 2. The molecule has 2 amide bonds. The Labute approximate surface area is 65.1 Å². The minimum atomic E-state index is -0.619. The van der Waals surface area contributed by atoms with Gasteiger partial charge in [0.1, 0.15) is 6.04 Å². The van der Waals surface area contributed by atoms with Gasteiger partial charge in [0, 0.05) is 0 Å². The third-order valence-corrected chi connectivity index (χ3v) is 1.23. The van der Waals surface area contributed by atoms with Crippen LogP contribution in [0.2, 0.25) is 0 Å². The summed E-state index contributed by atoms with van der Waals surface area (Å²) < 4.78 is 0. The molecule has 64 valence electrons. The molecule has 0 aliphatic rings. The fourth-order valence-electron chi connectivity index (χ4n) is 0.427. The van der Waals surface area contributed by atoms with Gasteiger partial charge in [-0.1, -0.05) is 0 Å². The van der Waals surface area contributed by atoms with Gasteiger partial charge in [0.25, 0.3) is 5.91 Å². The Hall–Kier alpha value is -1.10. The maximum atomic E-state index is 10.9. The molecule has 0 unspecified atom stereocenters. The highest BCUT2D eigenvalue weighted by Crippen LogP contribution is 1.80. The highest BCUT2D eigenvalue weighted by Gasteiger charge is 2.16. The number of rotatable bonds is 3. The van der Waals surface area contributed by atoms with Gasteiger partial charge in [-0.05, 0) is 13.8 Å². The van der Waals surface area contributed by atoms with Gasteiger partial charge in [-0.25, -0.2) is 0 Å². The van der Waals surface area contributed by atoms with Gasteiger partial charge in [-0.2, -0.15) is 0 Å².